The molecular weight excluding hydrogens is 218 g/mol. The summed E-state index contributed by atoms with van der Waals surface area (Å²) in [6.45, 7) is 3.27. The van der Waals surface area contributed by atoms with Crippen LogP contribution in [0, 0.1) is 0 Å². The Balaban J connectivity index is 1.87. The maximum atomic E-state index is 10.9. The van der Waals surface area contributed by atoms with Gasteiger partial charge in [-0.05, 0) is 30.5 Å². The zero-order chi connectivity index (χ0) is 12.1. The standard InChI is InChI=1S/C13H17NO3/c1-2-7-16-12-5-3-10(4-6-12)8-11-9-17-13(15)14-11/h3-6,11H,2,7-9H2,1H3,(H,14,15)/t11-/m0/s1. The molecule has 17 heavy (non-hydrogen) atoms. The molecule has 1 atom stereocenters. The van der Waals surface area contributed by atoms with E-state index in [4.69, 9.17) is 9.47 Å². The zero-order valence-corrected chi connectivity index (χ0v) is 9.94. The fourth-order valence-electron chi connectivity index (χ4n) is 1.76. The van der Waals surface area contributed by atoms with Crippen molar-refractivity contribution in [1.82, 2.24) is 5.32 Å². The lowest BCUT2D eigenvalue weighted by atomic mass is 10.1. The largest absolute Gasteiger partial charge is 0.494 e. The lowest BCUT2D eigenvalue weighted by molar-refractivity contribution is 0.177. The van der Waals surface area contributed by atoms with Crippen molar-refractivity contribution in [2.24, 2.45) is 0 Å². The molecule has 1 fully saturated rings. The van der Waals surface area contributed by atoms with Crippen LogP contribution in [0.3, 0.4) is 0 Å². The molecule has 1 N–H and O–H groups in total. The Morgan fingerprint density at radius 3 is 2.76 bits per heavy atom. The van der Waals surface area contributed by atoms with Gasteiger partial charge in [0.05, 0.1) is 12.6 Å². The highest BCUT2D eigenvalue weighted by molar-refractivity contribution is 5.69. The highest BCUT2D eigenvalue weighted by Crippen LogP contribution is 2.14. The monoisotopic (exact) mass is 235 g/mol. The first kappa shape index (κ1) is 11.8. The lowest BCUT2D eigenvalue weighted by Crippen LogP contribution is -2.28. The number of amides is 1. The van der Waals surface area contributed by atoms with Gasteiger partial charge >= 0.3 is 6.09 Å². The van der Waals surface area contributed by atoms with Gasteiger partial charge in [0.1, 0.15) is 12.4 Å². The summed E-state index contributed by atoms with van der Waals surface area (Å²) in [5.41, 5.74) is 1.17. The van der Waals surface area contributed by atoms with Crippen LogP contribution in [0.15, 0.2) is 24.3 Å². The Bertz CT molecular complexity index is 375. The summed E-state index contributed by atoms with van der Waals surface area (Å²) in [5.74, 6) is 0.891. The third-order valence-electron chi connectivity index (χ3n) is 2.62. The summed E-state index contributed by atoms with van der Waals surface area (Å²) >= 11 is 0. The molecule has 92 valence electrons. The minimum Gasteiger partial charge on any atom is -0.494 e. The van der Waals surface area contributed by atoms with Crippen molar-refractivity contribution in [2.45, 2.75) is 25.8 Å². The van der Waals surface area contributed by atoms with Gasteiger partial charge in [0.25, 0.3) is 0 Å². The Morgan fingerprint density at radius 1 is 1.41 bits per heavy atom. The molecule has 0 aromatic heterocycles. The first-order valence-corrected chi connectivity index (χ1v) is 5.93. The molecule has 0 saturated carbocycles. The van der Waals surface area contributed by atoms with Gasteiger partial charge in [-0.1, -0.05) is 19.1 Å². The van der Waals surface area contributed by atoms with E-state index in [1.165, 1.54) is 5.56 Å². The summed E-state index contributed by atoms with van der Waals surface area (Å²) < 4.78 is 10.3. The van der Waals surface area contributed by atoms with E-state index in [-0.39, 0.29) is 12.1 Å². The number of carbonyl (C=O) groups is 1. The molecule has 1 aliphatic rings. The number of benzene rings is 1. The van der Waals surface area contributed by atoms with E-state index in [0.29, 0.717) is 6.61 Å². The van der Waals surface area contributed by atoms with Gasteiger partial charge in [-0.15, -0.1) is 0 Å². The van der Waals surface area contributed by atoms with Crippen LogP contribution in [-0.2, 0) is 11.2 Å². The van der Waals surface area contributed by atoms with Crippen LogP contribution in [0.1, 0.15) is 18.9 Å². The van der Waals surface area contributed by atoms with Gasteiger partial charge in [-0.2, -0.15) is 0 Å². The zero-order valence-electron chi connectivity index (χ0n) is 9.94. The van der Waals surface area contributed by atoms with E-state index >= 15 is 0 Å². The molecule has 0 radical (unpaired) electrons. The van der Waals surface area contributed by atoms with E-state index < -0.39 is 0 Å². The molecule has 1 heterocycles. The number of carbonyl (C=O) groups excluding carboxylic acids is 1. The highest BCUT2D eigenvalue weighted by Gasteiger charge is 2.21. The van der Waals surface area contributed by atoms with Gasteiger partial charge in [0.15, 0.2) is 0 Å². The maximum Gasteiger partial charge on any atom is 0.407 e. The third kappa shape index (κ3) is 3.37. The average molecular weight is 235 g/mol. The quantitative estimate of drug-likeness (QED) is 0.850. The van der Waals surface area contributed by atoms with Crippen LogP contribution in [0.5, 0.6) is 5.75 Å². The van der Waals surface area contributed by atoms with Crippen molar-refractivity contribution in [2.75, 3.05) is 13.2 Å². The second-order valence-corrected chi connectivity index (χ2v) is 4.14. The van der Waals surface area contributed by atoms with Crippen molar-refractivity contribution >= 4 is 6.09 Å². The molecule has 1 aromatic carbocycles. The smallest absolute Gasteiger partial charge is 0.407 e. The fraction of sp³-hybridized carbons (Fsp3) is 0.462. The van der Waals surface area contributed by atoms with Crippen LogP contribution in [0.4, 0.5) is 4.79 Å². The number of cyclic esters (lactones) is 1. The van der Waals surface area contributed by atoms with E-state index in [1.54, 1.807) is 0 Å². The van der Waals surface area contributed by atoms with Crippen LogP contribution in [-0.4, -0.2) is 25.3 Å². The van der Waals surface area contributed by atoms with Crippen LogP contribution >= 0.6 is 0 Å². The molecule has 0 unspecified atom stereocenters. The van der Waals surface area contributed by atoms with Gasteiger partial charge in [-0.3, -0.25) is 0 Å². The van der Waals surface area contributed by atoms with Crippen molar-refractivity contribution in [3.8, 4) is 5.75 Å². The fourth-order valence-corrected chi connectivity index (χ4v) is 1.76. The number of alkyl carbamates (subject to hydrolysis) is 1. The molecule has 0 bridgehead atoms. The molecule has 1 saturated heterocycles. The Morgan fingerprint density at radius 2 is 2.18 bits per heavy atom. The summed E-state index contributed by atoms with van der Waals surface area (Å²) in [6.07, 6.45) is 1.48. The third-order valence-corrected chi connectivity index (χ3v) is 2.62. The minimum atomic E-state index is -0.321. The normalized spacial score (nSPS) is 18.6. The predicted molar refractivity (Wildman–Crippen MR) is 64.2 cm³/mol. The molecule has 0 spiro atoms. The Labute approximate surface area is 101 Å². The lowest BCUT2D eigenvalue weighted by Gasteiger charge is -2.08. The van der Waals surface area contributed by atoms with Crippen molar-refractivity contribution in [3.05, 3.63) is 29.8 Å². The number of hydrogen-bond acceptors (Lipinski definition) is 3. The van der Waals surface area contributed by atoms with E-state index in [1.807, 2.05) is 24.3 Å². The summed E-state index contributed by atoms with van der Waals surface area (Å²) in [7, 11) is 0. The molecule has 2 rings (SSSR count). The number of rotatable bonds is 5. The summed E-state index contributed by atoms with van der Waals surface area (Å²) in [4.78, 5) is 10.9. The topological polar surface area (TPSA) is 47.6 Å². The molecule has 1 aromatic rings. The van der Waals surface area contributed by atoms with E-state index in [0.717, 1.165) is 25.2 Å². The first-order valence-electron chi connectivity index (χ1n) is 5.93. The highest BCUT2D eigenvalue weighted by atomic mass is 16.6. The van der Waals surface area contributed by atoms with Crippen LogP contribution < -0.4 is 10.1 Å². The minimum absolute atomic E-state index is 0.0879. The second-order valence-electron chi connectivity index (χ2n) is 4.14. The summed E-state index contributed by atoms with van der Waals surface area (Å²) in [6, 6.07) is 8.06. The van der Waals surface area contributed by atoms with Gasteiger partial charge in [0.2, 0.25) is 0 Å². The number of ether oxygens (including phenoxy) is 2. The van der Waals surface area contributed by atoms with Crippen molar-refractivity contribution in [3.63, 3.8) is 0 Å². The van der Waals surface area contributed by atoms with Gasteiger partial charge in [0, 0.05) is 0 Å². The average Bonchev–Trinajstić information content (AvgIpc) is 2.74. The van der Waals surface area contributed by atoms with E-state index in [2.05, 4.69) is 12.2 Å². The van der Waals surface area contributed by atoms with Crippen molar-refractivity contribution in [1.29, 1.82) is 0 Å². The van der Waals surface area contributed by atoms with Gasteiger partial charge in [-0.25, -0.2) is 4.79 Å². The molecule has 1 amide bonds. The van der Waals surface area contributed by atoms with E-state index in [9.17, 15) is 4.79 Å². The van der Waals surface area contributed by atoms with Crippen molar-refractivity contribution < 1.29 is 14.3 Å². The number of hydrogen-bond donors (Lipinski definition) is 1. The number of nitrogens with one attached hydrogen (secondary N) is 1. The predicted octanol–water partition coefficient (Wildman–Crippen LogP) is 2.13. The van der Waals surface area contributed by atoms with Crippen LogP contribution in [0.2, 0.25) is 0 Å². The molecule has 0 aliphatic carbocycles. The molecular formula is C13H17NO3. The Kier molecular flexibility index (Phi) is 3.85. The van der Waals surface area contributed by atoms with Gasteiger partial charge < -0.3 is 14.8 Å². The molecule has 4 nitrogen and oxygen atoms in total. The van der Waals surface area contributed by atoms with Crippen LogP contribution in [0.25, 0.3) is 0 Å². The second kappa shape index (κ2) is 5.57. The summed E-state index contributed by atoms with van der Waals surface area (Å²) in [5, 5.41) is 2.76. The SMILES string of the molecule is CCCOc1ccc(C[C@H]2COC(=O)N2)cc1. The Hall–Kier alpha value is -1.71. The molecule has 4 heteroatoms. The maximum absolute atomic E-state index is 10.9. The molecule has 1 aliphatic heterocycles. The first-order chi connectivity index (χ1) is 8.28.